The highest BCUT2D eigenvalue weighted by Gasteiger charge is 2.44. The molecule has 0 radical (unpaired) electrons. The molecule has 1 aliphatic heterocycles. The minimum absolute atomic E-state index is 0.0504. The molecule has 0 aliphatic carbocycles. The van der Waals surface area contributed by atoms with Crippen molar-refractivity contribution in [3.05, 3.63) is 52.7 Å². The molecule has 1 fully saturated rings. The van der Waals surface area contributed by atoms with E-state index in [9.17, 15) is 9.59 Å². The maximum absolute atomic E-state index is 13.5. The molecule has 32 heavy (non-hydrogen) atoms. The van der Waals surface area contributed by atoms with Crippen LogP contribution in [-0.2, 0) is 10.2 Å². The monoisotopic (exact) mass is 456 g/mol. The summed E-state index contributed by atoms with van der Waals surface area (Å²) in [6, 6.07) is 10.9. The van der Waals surface area contributed by atoms with E-state index in [1.54, 1.807) is 32.0 Å². The Kier molecular flexibility index (Phi) is 4.45. The van der Waals surface area contributed by atoms with Gasteiger partial charge in [0.2, 0.25) is 5.91 Å². The average molecular weight is 457 g/mol. The lowest BCUT2D eigenvalue weighted by atomic mass is 9.86. The predicted octanol–water partition coefficient (Wildman–Crippen LogP) is 5.14. The van der Waals surface area contributed by atoms with E-state index in [1.165, 1.54) is 4.90 Å². The standard InChI is InChI=1S/C25H28ClN3O3/c1-24(2,3)17-13-18(15-7-9-16(26)10-8-15)27-19-14-20(32-21(17)19)22(30)29-12-11-28(6)23(31)25(29,4)5/h7-10,13-14H,11-12H2,1-6H3/i6D3. The molecule has 1 aliphatic rings. The van der Waals surface area contributed by atoms with Crippen LogP contribution in [-0.4, -0.2) is 52.2 Å². The first kappa shape index (κ1) is 18.7. The normalized spacial score (nSPS) is 18.4. The SMILES string of the molecule is [2H]C([2H])([2H])N1CCN(C(=O)c2cc3nc(-c4ccc(Cl)cc4)cc(C(C)(C)C)c3o2)C(C)(C)C1=O. The van der Waals surface area contributed by atoms with Crippen LogP contribution >= 0.6 is 11.6 Å². The van der Waals surface area contributed by atoms with Crippen molar-refractivity contribution in [1.29, 1.82) is 0 Å². The van der Waals surface area contributed by atoms with Gasteiger partial charge in [-0.1, -0.05) is 44.5 Å². The van der Waals surface area contributed by atoms with E-state index >= 15 is 0 Å². The topological polar surface area (TPSA) is 66.7 Å². The molecular formula is C25H28ClN3O3. The second-order valence-corrected chi connectivity index (χ2v) is 10.0. The summed E-state index contributed by atoms with van der Waals surface area (Å²) < 4.78 is 29.0. The van der Waals surface area contributed by atoms with Gasteiger partial charge in [-0.3, -0.25) is 9.59 Å². The van der Waals surface area contributed by atoms with Gasteiger partial charge in [0.1, 0.15) is 11.1 Å². The highest BCUT2D eigenvalue weighted by atomic mass is 35.5. The molecule has 3 aromatic rings. The second kappa shape index (κ2) is 7.62. The van der Waals surface area contributed by atoms with Crippen molar-refractivity contribution < 1.29 is 18.1 Å². The molecule has 1 aromatic carbocycles. The number of hydrogen-bond donors (Lipinski definition) is 0. The first-order chi connectivity index (χ1) is 16.1. The molecule has 2 amide bonds. The fraction of sp³-hybridized carbons (Fsp3) is 0.400. The molecule has 0 unspecified atom stereocenters. The first-order valence-corrected chi connectivity index (χ1v) is 10.8. The molecule has 0 bridgehead atoms. The van der Waals surface area contributed by atoms with Gasteiger partial charge in [0.25, 0.3) is 5.91 Å². The van der Waals surface area contributed by atoms with Gasteiger partial charge in [-0.25, -0.2) is 4.98 Å². The molecule has 0 saturated carbocycles. The molecular weight excluding hydrogens is 426 g/mol. The Balaban J connectivity index is 1.77. The number of likely N-dealkylation sites (N-methyl/N-ethyl adjacent to an activating group) is 1. The molecule has 0 N–H and O–H groups in total. The van der Waals surface area contributed by atoms with Crippen LogP contribution in [0.5, 0.6) is 0 Å². The van der Waals surface area contributed by atoms with Crippen LogP contribution < -0.4 is 0 Å². The van der Waals surface area contributed by atoms with E-state index in [4.69, 9.17) is 25.1 Å². The van der Waals surface area contributed by atoms with Crippen molar-refractivity contribution in [3.63, 3.8) is 0 Å². The summed E-state index contributed by atoms with van der Waals surface area (Å²) in [4.78, 5) is 33.4. The minimum atomic E-state index is -2.56. The summed E-state index contributed by atoms with van der Waals surface area (Å²) in [5, 5.41) is 0.623. The fourth-order valence-corrected chi connectivity index (χ4v) is 4.09. The van der Waals surface area contributed by atoms with Crippen LogP contribution in [0.3, 0.4) is 0 Å². The lowest BCUT2D eigenvalue weighted by Gasteiger charge is -2.44. The minimum Gasteiger partial charge on any atom is -0.449 e. The van der Waals surface area contributed by atoms with Gasteiger partial charge in [0.05, 0.1) is 5.69 Å². The summed E-state index contributed by atoms with van der Waals surface area (Å²) in [6.45, 7) is 6.66. The summed E-state index contributed by atoms with van der Waals surface area (Å²) >= 11 is 6.04. The first-order valence-electron chi connectivity index (χ1n) is 12.0. The number of rotatable bonds is 2. The molecule has 0 atom stereocenters. The van der Waals surface area contributed by atoms with Gasteiger partial charge in [-0.05, 0) is 37.5 Å². The van der Waals surface area contributed by atoms with Crippen molar-refractivity contribution in [3.8, 4) is 11.3 Å². The van der Waals surface area contributed by atoms with Gasteiger partial charge < -0.3 is 14.2 Å². The van der Waals surface area contributed by atoms with Crippen molar-refractivity contribution >= 4 is 34.5 Å². The van der Waals surface area contributed by atoms with E-state index in [0.717, 1.165) is 21.7 Å². The third-order valence-electron chi connectivity index (χ3n) is 5.87. The van der Waals surface area contributed by atoms with Crippen LogP contribution in [0.1, 0.15) is 54.8 Å². The van der Waals surface area contributed by atoms with Crippen molar-refractivity contribution in [2.45, 2.75) is 45.6 Å². The number of nitrogens with zero attached hydrogens (tertiary/aromatic N) is 3. The Labute approximate surface area is 197 Å². The molecule has 1 saturated heterocycles. The number of fused-ring (bicyclic) bond motifs is 1. The highest BCUT2D eigenvalue weighted by molar-refractivity contribution is 6.30. The summed E-state index contributed by atoms with van der Waals surface area (Å²) in [5.74, 6) is -1.07. The van der Waals surface area contributed by atoms with Crippen LogP contribution in [0.2, 0.25) is 5.02 Å². The number of halogens is 1. The average Bonchev–Trinajstić information content (AvgIpc) is 3.17. The number of carbonyl (C=O) groups excluding carboxylic acids is 2. The van der Waals surface area contributed by atoms with Crippen molar-refractivity contribution in [2.24, 2.45) is 0 Å². The maximum Gasteiger partial charge on any atom is 0.290 e. The number of piperazine rings is 1. The van der Waals surface area contributed by atoms with Crippen LogP contribution in [0.4, 0.5) is 0 Å². The largest absolute Gasteiger partial charge is 0.449 e. The number of aromatic nitrogens is 1. The third-order valence-corrected chi connectivity index (χ3v) is 6.13. The summed E-state index contributed by atoms with van der Waals surface area (Å²) in [5.41, 5.74) is 1.86. The van der Waals surface area contributed by atoms with E-state index < -0.39 is 24.3 Å². The predicted molar refractivity (Wildman–Crippen MR) is 126 cm³/mol. The Morgan fingerprint density at radius 1 is 1.19 bits per heavy atom. The number of carbonyl (C=O) groups is 2. The molecule has 7 heteroatoms. The lowest BCUT2D eigenvalue weighted by molar-refractivity contribution is -0.144. The number of benzene rings is 1. The molecule has 3 heterocycles. The Bertz CT molecular complexity index is 1310. The van der Waals surface area contributed by atoms with E-state index in [1.807, 2.05) is 39.0 Å². The third kappa shape index (κ3) is 3.77. The van der Waals surface area contributed by atoms with Gasteiger partial charge in [0.15, 0.2) is 11.3 Å². The van der Waals surface area contributed by atoms with Gasteiger partial charge >= 0.3 is 0 Å². The number of furan rings is 1. The fourth-order valence-electron chi connectivity index (χ4n) is 3.97. The van der Waals surface area contributed by atoms with Crippen LogP contribution in [0.15, 0.2) is 40.8 Å². The number of pyridine rings is 1. The Morgan fingerprint density at radius 3 is 2.50 bits per heavy atom. The molecule has 0 spiro atoms. The van der Waals surface area contributed by atoms with Crippen molar-refractivity contribution in [2.75, 3.05) is 20.1 Å². The van der Waals surface area contributed by atoms with E-state index in [0.29, 0.717) is 16.1 Å². The maximum atomic E-state index is 13.5. The zero-order chi connectivity index (χ0) is 25.9. The zero-order valence-electron chi connectivity index (χ0n) is 21.8. The quantitative estimate of drug-likeness (QED) is 0.535. The van der Waals surface area contributed by atoms with E-state index in [2.05, 4.69) is 0 Å². The molecule has 168 valence electrons. The second-order valence-electron chi connectivity index (χ2n) is 9.61. The zero-order valence-corrected chi connectivity index (χ0v) is 19.6. The summed E-state index contributed by atoms with van der Waals surface area (Å²) in [6.07, 6.45) is 0. The number of amides is 2. The smallest absolute Gasteiger partial charge is 0.290 e. The Morgan fingerprint density at radius 2 is 1.88 bits per heavy atom. The van der Waals surface area contributed by atoms with Gasteiger partial charge in [-0.2, -0.15) is 0 Å². The number of hydrogen-bond acceptors (Lipinski definition) is 4. The van der Waals surface area contributed by atoms with Crippen LogP contribution in [0.25, 0.3) is 22.4 Å². The molecule has 6 nitrogen and oxygen atoms in total. The van der Waals surface area contributed by atoms with Crippen molar-refractivity contribution in [1.82, 2.24) is 14.8 Å². The summed E-state index contributed by atoms with van der Waals surface area (Å²) in [7, 11) is 0. The van der Waals surface area contributed by atoms with E-state index in [-0.39, 0.29) is 24.3 Å². The van der Waals surface area contributed by atoms with Gasteiger partial charge in [-0.15, -0.1) is 0 Å². The lowest BCUT2D eigenvalue weighted by Crippen LogP contribution is -2.63. The molecule has 4 rings (SSSR count). The van der Waals surface area contributed by atoms with Crippen LogP contribution in [0, 0.1) is 0 Å². The Hall–Kier alpha value is -2.86. The van der Waals surface area contributed by atoms with Gasteiger partial charge in [0, 0.05) is 46.4 Å². The highest BCUT2D eigenvalue weighted by Crippen LogP contribution is 2.35. The molecule has 2 aromatic heterocycles.